The average molecular weight is 359 g/mol. The standard InChI is InChI=1S/C16H29N3O4S/c20-24(21,19-5-9-23-10-6-19)17-16-12-18(11-15(16)13-1-2-13)14-3-7-22-8-4-14/h13-17H,1-12H2/t15-,16+/m1/s1. The number of rotatable bonds is 5. The largest absolute Gasteiger partial charge is 0.381 e. The first-order valence-electron chi connectivity index (χ1n) is 9.30. The number of morpholine rings is 1. The van der Waals surface area contributed by atoms with Crippen LogP contribution in [0.1, 0.15) is 25.7 Å². The quantitative estimate of drug-likeness (QED) is 0.751. The van der Waals surface area contributed by atoms with Crippen molar-refractivity contribution >= 4 is 10.2 Å². The molecule has 0 unspecified atom stereocenters. The SMILES string of the molecule is O=S(=O)(N[C@H]1CN(C2CCOCC2)C[C@@H]1C1CC1)N1CCOCC1. The molecule has 138 valence electrons. The van der Waals surface area contributed by atoms with Gasteiger partial charge < -0.3 is 9.47 Å². The van der Waals surface area contributed by atoms with Crippen LogP contribution in [0.2, 0.25) is 0 Å². The molecular weight excluding hydrogens is 330 g/mol. The van der Waals surface area contributed by atoms with E-state index in [1.165, 1.54) is 17.1 Å². The first-order valence-corrected chi connectivity index (χ1v) is 10.7. The third-order valence-corrected chi connectivity index (χ3v) is 7.58. The normalized spacial score (nSPS) is 34.7. The lowest BCUT2D eigenvalue weighted by Gasteiger charge is -2.31. The van der Waals surface area contributed by atoms with Crippen LogP contribution in [0.4, 0.5) is 0 Å². The Kier molecular flexibility index (Phi) is 5.13. The zero-order valence-corrected chi connectivity index (χ0v) is 15.0. The van der Waals surface area contributed by atoms with Gasteiger partial charge in [0, 0.05) is 51.5 Å². The summed E-state index contributed by atoms with van der Waals surface area (Å²) in [4.78, 5) is 2.51. The van der Waals surface area contributed by atoms with E-state index in [9.17, 15) is 8.42 Å². The fraction of sp³-hybridized carbons (Fsp3) is 1.00. The molecule has 0 amide bonds. The second-order valence-corrected chi connectivity index (χ2v) is 9.24. The van der Waals surface area contributed by atoms with Gasteiger partial charge in [-0.2, -0.15) is 17.4 Å². The smallest absolute Gasteiger partial charge is 0.279 e. The summed E-state index contributed by atoms with van der Waals surface area (Å²) in [6, 6.07) is 0.603. The van der Waals surface area contributed by atoms with Gasteiger partial charge in [-0.15, -0.1) is 0 Å². The molecule has 8 heteroatoms. The summed E-state index contributed by atoms with van der Waals surface area (Å²) in [7, 11) is -3.41. The third-order valence-electron chi connectivity index (χ3n) is 5.94. The molecule has 0 bridgehead atoms. The van der Waals surface area contributed by atoms with Crippen LogP contribution in [0.25, 0.3) is 0 Å². The van der Waals surface area contributed by atoms with Crippen molar-refractivity contribution in [1.82, 2.24) is 13.9 Å². The van der Waals surface area contributed by atoms with Gasteiger partial charge in [0.25, 0.3) is 10.2 Å². The number of hydrogen-bond acceptors (Lipinski definition) is 5. The van der Waals surface area contributed by atoms with Crippen molar-refractivity contribution in [2.45, 2.75) is 37.8 Å². The Morgan fingerprint density at radius 2 is 1.54 bits per heavy atom. The Bertz CT molecular complexity index is 527. The molecule has 0 spiro atoms. The second kappa shape index (κ2) is 7.17. The molecule has 1 saturated carbocycles. The van der Waals surface area contributed by atoms with E-state index < -0.39 is 10.2 Å². The van der Waals surface area contributed by atoms with Gasteiger partial charge in [-0.05, 0) is 37.5 Å². The predicted molar refractivity (Wildman–Crippen MR) is 89.9 cm³/mol. The van der Waals surface area contributed by atoms with E-state index in [0.29, 0.717) is 44.2 Å². The lowest BCUT2D eigenvalue weighted by Crippen LogP contribution is -2.51. The molecule has 7 nitrogen and oxygen atoms in total. The molecule has 1 aliphatic carbocycles. The molecule has 0 aromatic rings. The summed E-state index contributed by atoms with van der Waals surface area (Å²) in [6.07, 6.45) is 4.64. The molecule has 0 aromatic carbocycles. The Morgan fingerprint density at radius 1 is 0.875 bits per heavy atom. The fourth-order valence-electron chi connectivity index (χ4n) is 4.39. The number of hydrogen-bond donors (Lipinski definition) is 1. The van der Waals surface area contributed by atoms with Crippen molar-refractivity contribution in [1.29, 1.82) is 0 Å². The number of nitrogens with zero attached hydrogens (tertiary/aromatic N) is 2. The molecule has 24 heavy (non-hydrogen) atoms. The van der Waals surface area contributed by atoms with Crippen molar-refractivity contribution in [3.8, 4) is 0 Å². The van der Waals surface area contributed by atoms with Crippen LogP contribution in [0.15, 0.2) is 0 Å². The summed E-state index contributed by atoms with van der Waals surface area (Å²) in [5.74, 6) is 1.16. The molecule has 3 aliphatic heterocycles. The highest BCUT2D eigenvalue weighted by Crippen LogP contribution is 2.42. The van der Waals surface area contributed by atoms with Gasteiger partial charge in [0.2, 0.25) is 0 Å². The molecule has 0 aromatic heterocycles. The number of nitrogens with one attached hydrogen (secondary N) is 1. The summed E-state index contributed by atoms with van der Waals surface area (Å²) in [6.45, 7) is 5.44. The first-order chi connectivity index (χ1) is 11.6. The van der Waals surface area contributed by atoms with E-state index in [2.05, 4.69) is 9.62 Å². The van der Waals surface area contributed by atoms with E-state index >= 15 is 0 Å². The highest BCUT2D eigenvalue weighted by Gasteiger charge is 2.46. The molecular formula is C16H29N3O4S. The molecule has 0 radical (unpaired) electrons. The van der Waals surface area contributed by atoms with Gasteiger partial charge in [-0.1, -0.05) is 0 Å². The molecule has 2 atom stereocenters. The van der Waals surface area contributed by atoms with Crippen molar-refractivity contribution in [2.24, 2.45) is 11.8 Å². The third kappa shape index (κ3) is 3.78. The highest BCUT2D eigenvalue weighted by atomic mass is 32.2. The average Bonchev–Trinajstić information content (AvgIpc) is 3.37. The topological polar surface area (TPSA) is 71.1 Å². The zero-order chi connectivity index (χ0) is 16.6. The van der Waals surface area contributed by atoms with E-state index in [-0.39, 0.29) is 6.04 Å². The van der Waals surface area contributed by atoms with E-state index in [0.717, 1.165) is 39.1 Å². The lowest BCUT2D eigenvalue weighted by molar-refractivity contribution is 0.0405. The maximum absolute atomic E-state index is 12.7. The van der Waals surface area contributed by atoms with Crippen LogP contribution in [0.5, 0.6) is 0 Å². The predicted octanol–water partition coefficient (Wildman–Crippen LogP) is 0.0424. The van der Waals surface area contributed by atoms with Crippen LogP contribution in [-0.4, -0.2) is 82.3 Å². The molecule has 4 aliphatic rings. The number of likely N-dealkylation sites (tertiary alicyclic amines) is 1. The lowest BCUT2D eigenvalue weighted by atomic mass is 9.99. The maximum Gasteiger partial charge on any atom is 0.279 e. The zero-order valence-electron chi connectivity index (χ0n) is 14.2. The monoisotopic (exact) mass is 359 g/mol. The van der Waals surface area contributed by atoms with Crippen molar-refractivity contribution in [2.75, 3.05) is 52.6 Å². The fourth-order valence-corrected chi connectivity index (χ4v) is 5.80. The van der Waals surface area contributed by atoms with Crippen molar-refractivity contribution in [3.63, 3.8) is 0 Å². The van der Waals surface area contributed by atoms with Gasteiger partial charge in [0.1, 0.15) is 0 Å². The minimum atomic E-state index is -3.41. The first kappa shape index (κ1) is 17.2. The highest BCUT2D eigenvalue weighted by molar-refractivity contribution is 7.87. The molecule has 4 fully saturated rings. The van der Waals surface area contributed by atoms with Crippen molar-refractivity contribution in [3.05, 3.63) is 0 Å². The Balaban J connectivity index is 1.42. The molecule has 3 saturated heterocycles. The molecule has 3 heterocycles. The van der Waals surface area contributed by atoms with Gasteiger partial charge in [-0.25, -0.2) is 0 Å². The summed E-state index contributed by atoms with van der Waals surface area (Å²) in [5, 5.41) is 0. The van der Waals surface area contributed by atoms with Gasteiger partial charge in [0.15, 0.2) is 0 Å². The minimum absolute atomic E-state index is 0.0492. The van der Waals surface area contributed by atoms with Crippen LogP contribution >= 0.6 is 0 Å². The van der Waals surface area contributed by atoms with Crippen LogP contribution in [-0.2, 0) is 19.7 Å². The van der Waals surface area contributed by atoms with E-state index in [4.69, 9.17) is 9.47 Å². The van der Waals surface area contributed by atoms with Gasteiger partial charge in [-0.3, -0.25) is 4.90 Å². The Labute approximate surface area is 144 Å². The Hall–Kier alpha value is -0.250. The van der Waals surface area contributed by atoms with E-state index in [1.807, 2.05) is 0 Å². The second-order valence-electron chi connectivity index (χ2n) is 7.54. The molecule has 1 N–H and O–H groups in total. The number of ether oxygens (including phenoxy) is 2. The van der Waals surface area contributed by atoms with Crippen molar-refractivity contribution < 1.29 is 17.9 Å². The summed E-state index contributed by atoms with van der Waals surface area (Å²) >= 11 is 0. The Morgan fingerprint density at radius 3 is 2.21 bits per heavy atom. The van der Waals surface area contributed by atoms with Crippen LogP contribution < -0.4 is 4.72 Å². The summed E-state index contributed by atoms with van der Waals surface area (Å²) in [5.41, 5.74) is 0. The minimum Gasteiger partial charge on any atom is -0.381 e. The van der Waals surface area contributed by atoms with Crippen LogP contribution in [0.3, 0.4) is 0 Å². The summed E-state index contributed by atoms with van der Waals surface area (Å²) < 4.78 is 40.8. The molecule has 4 rings (SSSR count). The maximum atomic E-state index is 12.7. The van der Waals surface area contributed by atoms with Gasteiger partial charge in [0.05, 0.1) is 13.2 Å². The van der Waals surface area contributed by atoms with E-state index in [1.54, 1.807) is 0 Å². The van der Waals surface area contributed by atoms with Crippen LogP contribution in [0, 0.1) is 11.8 Å². The van der Waals surface area contributed by atoms with Gasteiger partial charge >= 0.3 is 0 Å².